The summed E-state index contributed by atoms with van der Waals surface area (Å²) >= 11 is 4.41. The number of alkyl halides is 3. The second kappa shape index (κ2) is 7.27. The van der Waals surface area contributed by atoms with E-state index >= 15 is 0 Å². The number of rotatable bonds is 3. The van der Waals surface area contributed by atoms with Gasteiger partial charge in [0.25, 0.3) is 5.56 Å². The third-order valence-corrected chi connectivity index (χ3v) is 5.68. The summed E-state index contributed by atoms with van der Waals surface area (Å²) in [6.45, 7) is 1.38. The first-order valence-corrected chi connectivity index (χ1v) is 9.94. The SMILES string of the molecule is CC(=Nc1ccc(Br)cc1)c1c(C(F)(F)F)[nH]n(-c2nc3ccccc3s2)c1=O. The van der Waals surface area contributed by atoms with Crippen LogP contribution in [-0.4, -0.2) is 20.5 Å². The van der Waals surface area contributed by atoms with Crippen molar-refractivity contribution in [3.05, 3.63) is 74.6 Å². The number of hydrogen-bond donors (Lipinski definition) is 1. The van der Waals surface area contributed by atoms with Gasteiger partial charge in [-0.2, -0.15) is 17.9 Å². The van der Waals surface area contributed by atoms with Crippen molar-refractivity contribution in [2.24, 2.45) is 4.99 Å². The zero-order valence-electron chi connectivity index (χ0n) is 14.8. The van der Waals surface area contributed by atoms with Crippen molar-refractivity contribution in [3.63, 3.8) is 0 Å². The summed E-state index contributed by atoms with van der Waals surface area (Å²) in [6, 6.07) is 13.8. The fraction of sp³-hybridized carbons (Fsp3) is 0.105. The molecule has 5 nitrogen and oxygen atoms in total. The smallest absolute Gasteiger partial charge is 0.284 e. The van der Waals surface area contributed by atoms with Crippen molar-refractivity contribution in [2.75, 3.05) is 0 Å². The lowest BCUT2D eigenvalue weighted by molar-refractivity contribution is -0.141. The number of aliphatic imine (C=N–C) groups is 1. The van der Waals surface area contributed by atoms with Gasteiger partial charge < -0.3 is 0 Å². The molecule has 0 fully saturated rings. The predicted molar refractivity (Wildman–Crippen MR) is 111 cm³/mol. The summed E-state index contributed by atoms with van der Waals surface area (Å²) in [7, 11) is 0. The van der Waals surface area contributed by atoms with Gasteiger partial charge in [-0.1, -0.05) is 39.4 Å². The normalized spacial score (nSPS) is 12.7. The number of aromatic nitrogens is 3. The highest BCUT2D eigenvalue weighted by Gasteiger charge is 2.39. The van der Waals surface area contributed by atoms with Crippen LogP contribution in [-0.2, 0) is 6.18 Å². The first-order chi connectivity index (χ1) is 13.7. The van der Waals surface area contributed by atoms with Crippen LogP contribution in [0.25, 0.3) is 15.3 Å². The highest BCUT2D eigenvalue weighted by molar-refractivity contribution is 9.10. The molecule has 2 heterocycles. The van der Waals surface area contributed by atoms with Gasteiger partial charge in [0.1, 0.15) is 0 Å². The zero-order valence-corrected chi connectivity index (χ0v) is 17.2. The molecule has 0 atom stereocenters. The van der Waals surface area contributed by atoms with Crippen LogP contribution in [0.3, 0.4) is 0 Å². The van der Waals surface area contributed by atoms with Gasteiger partial charge in [0, 0.05) is 4.47 Å². The Kier molecular flexibility index (Phi) is 4.91. The number of fused-ring (bicyclic) bond motifs is 1. The molecule has 10 heteroatoms. The van der Waals surface area contributed by atoms with Gasteiger partial charge >= 0.3 is 6.18 Å². The Labute approximate surface area is 174 Å². The number of halogens is 4. The van der Waals surface area contributed by atoms with Gasteiger partial charge in [0.15, 0.2) is 5.69 Å². The van der Waals surface area contributed by atoms with Crippen molar-refractivity contribution in [1.29, 1.82) is 0 Å². The van der Waals surface area contributed by atoms with Crippen LogP contribution < -0.4 is 5.56 Å². The van der Waals surface area contributed by atoms with Crippen LogP contribution in [0.4, 0.5) is 18.9 Å². The van der Waals surface area contributed by atoms with E-state index in [1.54, 1.807) is 48.5 Å². The molecule has 0 saturated carbocycles. The van der Waals surface area contributed by atoms with E-state index in [-0.39, 0.29) is 10.8 Å². The van der Waals surface area contributed by atoms with E-state index < -0.39 is 23.0 Å². The molecule has 4 rings (SSSR count). The summed E-state index contributed by atoms with van der Waals surface area (Å²) in [4.78, 5) is 21.4. The van der Waals surface area contributed by atoms with Gasteiger partial charge in [-0.05, 0) is 43.3 Å². The fourth-order valence-electron chi connectivity index (χ4n) is 2.83. The second-order valence-corrected chi connectivity index (χ2v) is 8.06. The van der Waals surface area contributed by atoms with Crippen LogP contribution in [0.5, 0.6) is 0 Å². The summed E-state index contributed by atoms with van der Waals surface area (Å²) in [5.74, 6) is 0. The van der Waals surface area contributed by atoms with Crippen molar-refractivity contribution >= 4 is 48.9 Å². The molecular formula is C19H12BrF3N4OS. The molecule has 0 radical (unpaired) electrons. The monoisotopic (exact) mass is 480 g/mol. The number of para-hydroxylation sites is 1. The molecule has 0 aliphatic carbocycles. The maximum atomic E-state index is 13.7. The van der Waals surface area contributed by atoms with Gasteiger partial charge in [-0.3, -0.25) is 14.9 Å². The second-order valence-electron chi connectivity index (χ2n) is 6.14. The molecular weight excluding hydrogens is 469 g/mol. The third kappa shape index (κ3) is 3.77. The number of nitrogens with one attached hydrogen (secondary N) is 1. The van der Waals surface area contributed by atoms with E-state index in [1.165, 1.54) is 6.92 Å². The van der Waals surface area contributed by atoms with Gasteiger partial charge in [0.05, 0.1) is 27.2 Å². The molecule has 148 valence electrons. The highest BCUT2D eigenvalue weighted by atomic mass is 79.9. The lowest BCUT2D eigenvalue weighted by atomic mass is 10.1. The Hall–Kier alpha value is -2.72. The molecule has 0 amide bonds. The summed E-state index contributed by atoms with van der Waals surface area (Å²) in [5.41, 5.74) is -1.54. The Morgan fingerprint density at radius 2 is 1.86 bits per heavy atom. The van der Waals surface area contributed by atoms with E-state index in [0.29, 0.717) is 11.2 Å². The van der Waals surface area contributed by atoms with E-state index in [4.69, 9.17) is 0 Å². The maximum Gasteiger partial charge on any atom is 0.433 e. The zero-order chi connectivity index (χ0) is 20.8. The van der Waals surface area contributed by atoms with E-state index in [9.17, 15) is 18.0 Å². The molecule has 2 aromatic heterocycles. The van der Waals surface area contributed by atoms with Crippen molar-refractivity contribution in [3.8, 4) is 5.13 Å². The number of hydrogen-bond acceptors (Lipinski definition) is 4. The average molecular weight is 481 g/mol. The summed E-state index contributed by atoms with van der Waals surface area (Å²) < 4.78 is 43.4. The number of H-pyrrole nitrogens is 1. The Balaban J connectivity index is 1.89. The molecule has 0 saturated heterocycles. The molecule has 0 bridgehead atoms. The maximum absolute atomic E-state index is 13.7. The van der Waals surface area contributed by atoms with E-state index in [2.05, 4.69) is 31.0 Å². The van der Waals surface area contributed by atoms with E-state index in [1.807, 2.05) is 0 Å². The minimum Gasteiger partial charge on any atom is -0.284 e. The predicted octanol–water partition coefficient (Wildman–Crippen LogP) is 5.70. The minimum absolute atomic E-state index is 0.0410. The average Bonchev–Trinajstić information content (AvgIpc) is 3.24. The van der Waals surface area contributed by atoms with Crippen LogP contribution in [0, 0.1) is 0 Å². The third-order valence-electron chi connectivity index (χ3n) is 4.13. The lowest BCUT2D eigenvalue weighted by Crippen LogP contribution is -2.20. The first kappa shape index (κ1) is 19.6. The fourth-order valence-corrected chi connectivity index (χ4v) is 4.02. The van der Waals surface area contributed by atoms with Gasteiger partial charge in [-0.25, -0.2) is 4.98 Å². The summed E-state index contributed by atoms with van der Waals surface area (Å²) in [5, 5.41) is 2.31. The molecule has 1 N–H and O–H groups in total. The highest BCUT2D eigenvalue weighted by Crippen LogP contribution is 2.31. The van der Waals surface area contributed by atoms with Crippen LogP contribution >= 0.6 is 27.3 Å². The summed E-state index contributed by atoms with van der Waals surface area (Å²) in [6.07, 6.45) is -4.76. The van der Waals surface area contributed by atoms with Crippen LogP contribution in [0.1, 0.15) is 18.2 Å². The molecule has 0 aliphatic rings. The molecule has 0 spiro atoms. The Morgan fingerprint density at radius 1 is 1.17 bits per heavy atom. The minimum atomic E-state index is -4.76. The number of aromatic amines is 1. The molecule has 0 unspecified atom stereocenters. The number of benzene rings is 2. The standard InChI is InChI=1S/C19H12BrF3N4OS/c1-10(24-12-8-6-11(20)7-9-12)15-16(19(21,22)23)26-27(17(15)28)18-25-13-4-2-3-5-14(13)29-18/h2-9,26H,1H3. The molecule has 29 heavy (non-hydrogen) atoms. The Bertz CT molecular complexity index is 1250. The Morgan fingerprint density at radius 3 is 2.52 bits per heavy atom. The lowest BCUT2D eigenvalue weighted by Gasteiger charge is -2.06. The molecule has 2 aromatic carbocycles. The first-order valence-electron chi connectivity index (χ1n) is 8.33. The molecule has 4 aromatic rings. The van der Waals surface area contributed by atoms with Crippen molar-refractivity contribution in [1.82, 2.24) is 14.8 Å². The number of nitrogens with zero attached hydrogens (tertiary/aromatic N) is 3. The van der Waals surface area contributed by atoms with Gasteiger partial charge in [0.2, 0.25) is 5.13 Å². The van der Waals surface area contributed by atoms with Crippen LogP contribution in [0.15, 0.2) is 62.8 Å². The van der Waals surface area contributed by atoms with Gasteiger partial charge in [-0.15, -0.1) is 0 Å². The number of thiazole rings is 1. The topological polar surface area (TPSA) is 63.0 Å². The van der Waals surface area contributed by atoms with E-state index in [0.717, 1.165) is 25.2 Å². The van der Waals surface area contributed by atoms with Crippen molar-refractivity contribution in [2.45, 2.75) is 13.1 Å². The molecule has 0 aliphatic heterocycles. The van der Waals surface area contributed by atoms with Crippen LogP contribution in [0.2, 0.25) is 0 Å². The quantitative estimate of drug-likeness (QED) is 0.382. The largest absolute Gasteiger partial charge is 0.433 e. The van der Waals surface area contributed by atoms with Crippen molar-refractivity contribution < 1.29 is 13.2 Å².